The summed E-state index contributed by atoms with van der Waals surface area (Å²) in [4.78, 5) is 16.7. The van der Waals surface area contributed by atoms with E-state index in [9.17, 15) is 4.79 Å². The smallest absolute Gasteiger partial charge is 0.155 e. The highest BCUT2D eigenvalue weighted by Gasteiger charge is 2.35. The number of aromatic nitrogens is 2. The zero-order chi connectivity index (χ0) is 34.4. The van der Waals surface area contributed by atoms with Crippen LogP contribution in [0.5, 0.6) is 0 Å². The maximum absolute atomic E-state index is 11.8. The van der Waals surface area contributed by atoms with Crippen LogP contribution >= 0.6 is 0 Å². The van der Waals surface area contributed by atoms with Gasteiger partial charge < -0.3 is 9.30 Å². The van der Waals surface area contributed by atoms with Gasteiger partial charge in [-0.05, 0) is 90.9 Å². The Hall–Kier alpha value is -4.96. The lowest BCUT2D eigenvalue weighted by Gasteiger charge is -2.34. The molecule has 0 saturated carbocycles. The van der Waals surface area contributed by atoms with Gasteiger partial charge in [0.25, 0.3) is 0 Å². The van der Waals surface area contributed by atoms with E-state index in [2.05, 4.69) is 130 Å². The summed E-state index contributed by atoms with van der Waals surface area (Å²) in [6.45, 7) is 14.8. The number of ether oxygens (including phenoxy) is 1. The molecule has 248 valence electrons. The summed E-state index contributed by atoms with van der Waals surface area (Å²) in [6.07, 6.45) is 5.37. The summed E-state index contributed by atoms with van der Waals surface area (Å²) in [5.74, 6) is 1.15. The second-order valence-corrected chi connectivity index (χ2v) is 14.2. The third-order valence-corrected chi connectivity index (χ3v) is 10.8. The number of fused-ring (bicyclic) bond motifs is 5. The van der Waals surface area contributed by atoms with E-state index in [-0.39, 0.29) is 23.2 Å². The topological polar surface area (TPSA) is 44.1 Å². The molecule has 6 aromatic rings. The lowest BCUT2D eigenvalue weighted by atomic mass is 9.75. The van der Waals surface area contributed by atoms with E-state index in [1.165, 1.54) is 49.7 Å². The molecule has 0 fully saturated rings. The molecule has 1 unspecified atom stereocenters. The molecule has 0 saturated heterocycles. The normalized spacial score (nSPS) is 15.0. The van der Waals surface area contributed by atoms with Gasteiger partial charge in [0.15, 0.2) is 5.78 Å². The first-order chi connectivity index (χ1) is 23.6. The third kappa shape index (κ3) is 5.57. The van der Waals surface area contributed by atoms with Crippen molar-refractivity contribution in [2.75, 3.05) is 0 Å². The number of benzene rings is 4. The average Bonchev–Trinajstić information content (AvgIpc) is 3.43. The highest BCUT2D eigenvalue weighted by atomic mass is 16.5. The summed E-state index contributed by atoms with van der Waals surface area (Å²) in [7, 11) is 0. The summed E-state index contributed by atoms with van der Waals surface area (Å²) < 4.78 is 8.91. The molecule has 0 radical (unpaired) electrons. The Morgan fingerprint density at radius 2 is 1.55 bits per heavy atom. The summed E-state index contributed by atoms with van der Waals surface area (Å²) >= 11 is 0. The largest absolute Gasteiger partial charge is 0.495 e. The van der Waals surface area contributed by atoms with Gasteiger partial charge in [-0.1, -0.05) is 101 Å². The minimum absolute atomic E-state index is 0.00634. The molecule has 49 heavy (non-hydrogen) atoms. The van der Waals surface area contributed by atoms with E-state index >= 15 is 0 Å². The maximum atomic E-state index is 11.8. The predicted molar refractivity (Wildman–Crippen MR) is 203 cm³/mol. The van der Waals surface area contributed by atoms with Crippen molar-refractivity contribution >= 4 is 27.6 Å². The molecule has 1 aliphatic heterocycles. The van der Waals surface area contributed by atoms with Crippen LogP contribution in [-0.4, -0.2) is 21.4 Å². The van der Waals surface area contributed by atoms with Crippen molar-refractivity contribution in [3.05, 3.63) is 132 Å². The van der Waals surface area contributed by atoms with Crippen molar-refractivity contribution in [1.82, 2.24) is 9.55 Å². The van der Waals surface area contributed by atoms with Gasteiger partial charge >= 0.3 is 0 Å². The van der Waals surface area contributed by atoms with Crippen LogP contribution in [0.1, 0.15) is 83.9 Å². The molecule has 0 bridgehead atoms. The highest BCUT2D eigenvalue weighted by molar-refractivity contribution is 6.12. The van der Waals surface area contributed by atoms with E-state index in [1.807, 2.05) is 19.2 Å². The fourth-order valence-corrected chi connectivity index (χ4v) is 8.49. The molecule has 1 aliphatic rings. The number of allylic oxidation sites excluding steroid dienone is 2. The molecule has 4 aromatic carbocycles. The lowest BCUT2D eigenvalue weighted by molar-refractivity contribution is -0.112. The molecule has 0 aliphatic carbocycles. The third-order valence-electron chi connectivity index (χ3n) is 10.8. The highest BCUT2D eigenvalue weighted by Crippen LogP contribution is 2.48. The number of carbonyl (C=O) groups excluding carboxylic acids is 1. The molecule has 4 heteroatoms. The van der Waals surface area contributed by atoms with Crippen molar-refractivity contribution in [2.45, 2.75) is 78.7 Å². The zero-order valence-corrected chi connectivity index (χ0v) is 29.7. The Bertz CT molecular complexity index is 2220. The maximum Gasteiger partial charge on any atom is 0.155 e. The fraction of sp³-hybridized carbons (Fsp3) is 0.289. The number of hydrogen-bond donors (Lipinski definition) is 0. The van der Waals surface area contributed by atoms with Gasteiger partial charge in [0, 0.05) is 39.9 Å². The van der Waals surface area contributed by atoms with Crippen LogP contribution in [0.15, 0.2) is 115 Å². The van der Waals surface area contributed by atoms with Gasteiger partial charge in [-0.25, -0.2) is 0 Å². The van der Waals surface area contributed by atoms with Crippen LogP contribution < -0.4 is 0 Å². The first kappa shape index (κ1) is 32.6. The first-order valence-electron chi connectivity index (χ1n) is 17.7. The van der Waals surface area contributed by atoms with Crippen molar-refractivity contribution < 1.29 is 9.53 Å². The molecule has 2 aromatic heterocycles. The molecule has 4 nitrogen and oxygen atoms in total. The molecule has 0 spiro atoms. The van der Waals surface area contributed by atoms with Gasteiger partial charge in [-0.2, -0.15) is 0 Å². The van der Waals surface area contributed by atoms with Crippen LogP contribution in [0, 0.1) is 5.92 Å². The molecule has 7 rings (SSSR count). The second kappa shape index (κ2) is 12.8. The van der Waals surface area contributed by atoms with Gasteiger partial charge in [0.1, 0.15) is 6.10 Å². The number of hydrogen-bond acceptors (Lipinski definition) is 3. The molecule has 0 N–H and O–H groups in total. The van der Waals surface area contributed by atoms with Crippen molar-refractivity contribution in [3.63, 3.8) is 0 Å². The Morgan fingerprint density at radius 3 is 2.29 bits per heavy atom. The number of carbonyl (C=O) groups is 1. The van der Waals surface area contributed by atoms with E-state index in [4.69, 9.17) is 9.72 Å². The van der Waals surface area contributed by atoms with Crippen molar-refractivity contribution in [2.24, 2.45) is 5.92 Å². The first-order valence-corrected chi connectivity index (χ1v) is 17.7. The molecular weight excluding hydrogens is 601 g/mol. The number of para-hydroxylation sites is 2. The van der Waals surface area contributed by atoms with Crippen LogP contribution in [0.25, 0.3) is 49.9 Å². The second-order valence-electron chi connectivity index (χ2n) is 14.2. The lowest BCUT2D eigenvalue weighted by Crippen LogP contribution is -2.26. The van der Waals surface area contributed by atoms with E-state index in [1.54, 1.807) is 13.0 Å². The minimum Gasteiger partial charge on any atom is -0.495 e. The number of rotatable bonds is 10. The van der Waals surface area contributed by atoms with Gasteiger partial charge in [-0.15, -0.1) is 0 Å². The van der Waals surface area contributed by atoms with Gasteiger partial charge in [-0.3, -0.25) is 9.78 Å². The SMILES string of the molecule is CCC(CC)C(c1ccc(-c2ccc3c(c2)c2cccc4c2n3-c2ccccc2C4(C)C)cc1-c1ccccn1)[C@H](C)O/C(C)=C\C(C)=O. The van der Waals surface area contributed by atoms with Gasteiger partial charge in [0.2, 0.25) is 0 Å². The van der Waals surface area contributed by atoms with E-state index in [0.717, 1.165) is 29.7 Å². The Balaban J connectivity index is 1.40. The molecule has 2 atom stereocenters. The Labute approximate surface area is 290 Å². The van der Waals surface area contributed by atoms with Gasteiger partial charge in [0.05, 0.1) is 28.2 Å². The summed E-state index contributed by atoms with van der Waals surface area (Å²) in [5.41, 5.74) is 12.0. The number of nitrogens with zero attached hydrogens (tertiary/aromatic N) is 2. The monoisotopic (exact) mass is 646 g/mol. The van der Waals surface area contributed by atoms with Crippen molar-refractivity contribution in [3.8, 4) is 28.1 Å². The summed E-state index contributed by atoms with van der Waals surface area (Å²) in [5, 5.41) is 2.54. The Kier molecular flexibility index (Phi) is 8.52. The molecule has 0 amide bonds. The van der Waals surface area contributed by atoms with Crippen LogP contribution in [0.4, 0.5) is 0 Å². The molecular formula is C45H46N2O2. The predicted octanol–water partition coefficient (Wildman–Crippen LogP) is 11.6. The van der Waals surface area contributed by atoms with Crippen LogP contribution in [0.2, 0.25) is 0 Å². The van der Waals surface area contributed by atoms with Crippen LogP contribution in [0.3, 0.4) is 0 Å². The van der Waals surface area contributed by atoms with Crippen LogP contribution in [-0.2, 0) is 14.9 Å². The molecule has 3 heterocycles. The fourth-order valence-electron chi connectivity index (χ4n) is 8.49. The number of pyridine rings is 1. The quantitative estimate of drug-likeness (QED) is 0.110. The van der Waals surface area contributed by atoms with E-state index in [0.29, 0.717) is 11.7 Å². The minimum atomic E-state index is -0.132. The standard InChI is InChI=1S/C45H46N2O2/c1-8-31(9-2)43(30(5)49-29(4)25-28(3)48)34-22-20-32(26-36(34)40-18-12-13-24-46-40)33-21-23-41-37(27-33)35-15-14-17-39-44(35)47(41)42-19-11-10-16-38(42)45(39,6)7/h10-27,30-31,43H,8-9H2,1-7H3/b29-25-/t30-,43?/m0/s1. The Morgan fingerprint density at radius 1 is 0.837 bits per heavy atom. The zero-order valence-electron chi connectivity index (χ0n) is 29.7. The average molecular weight is 647 g/mol. The number of ketones is 1. The van der Waals surface area contributed by atoms with Crippen molar-refractivity contribution in [1.29, 1.82) is 0 Å². The summed E-state index contributed by atoms with van der Waals surface area (Å²) in [6, 6.07) is 35.6. The van der Waals surface area contributed by atoms with E-state index < -0.39 is 0 Å².